The van der Waals surface area contributed by atoms with Gasteiger partial charge in [0.15, 0.2) is 11.6 Å². The highest BCUT2D eigenvalue weighted by Gasteiger charge is 2.37. The van der Waals surface area contributed by atoms with Crippen molar-refractivity contribution in [1.82, 2.24) is 34.9 Å². The lowest BCUT2D eigenvalue weighted by atomic mass is 9.95. The minimum Gasteiger partial charge on any atom is -0.370 e. The Morgan fingerprint density at radius 2 is 0.466 bits per heavy atom. The first-order chi connectivity index (χ1) is 36.2. The van der Waals surface area contributed by atoms with Crippen LogP contribution in [0.15, 0.2) is 243 Å². The lowest BCUT2D eigenvalue weighted by Crippen LogP contribution is -2.36. The van der Waals surface area contributed by atoms with Gasteiger partial charge in [0.05, 0.1) is 22.3 Å². The second-order valence-electron chi connectivity index (χ2n) is 17.7. The number of nitrogens with zero attached hydrogens (tertiary/aromatic N) is 6. The molecule has 0 atom stereocenters. The average molecular weight is 940 g/mol. The van der Waals surface area contributed by atoms with E-state index in [4.69, 9.17) is 24.9 Å². The maximum atomic E-state index is 13.2. The first-order valence-corrected chi connectivity index (χ1v) is 24.2. The molecule has 0 unspecified atom stereocenters. The molecule has 0 fully saturated rings. The molecular formula is C64H43N8O+. The molecule has 3 aromatic heterocycles. The summed E-state index contributed by atoms with van der Waals surface area (Å²) in [6.07, 6.45) is 0. The molecule has 9 nitrogen and oxygen atoms in total. The molecule has 2 aliphatic heterocycles. The number of fused-ring (bicyclic) bond motifs is 8. The van der Waals surface area contributed by atoms with Crippen LogP contribution in [-0.4, -0.2) is 40.1 Å². The van der Waals surface area contributed by atoms with Crippen LogP contribution in [-0.2, 0) is 0 Å². The molecule has 73 heavy (non-hydrogen) atoms. The molecule has 0 saturated heterocycles. The number of aromatic nitrogens is 8. The van der Waals surface area contributed by atoms with Crippen LogP contribution in [0.3, 0.4) is 0 Å². The maximum absolute atomic E-state index is 13.2. The second-order valence-corrected chi connectivity index (χ2v) is 17.7. The number of hydrogen-bond donors (Lipinski definition) is 3. The lowest BCUT2D eigenvalue weighted by Gasteiger charge is -2.09. The molecule has 3 N–H and O–H groups in total. The number of aromatic amines is 2. The van der Waals surface area contributed by atoms with Crippen LogP contribution in [0.4, 0.5) is 0 Å². The Morgan fingerprint density at radius 3 is 0.726 bits per heavy atom. The van der Waals surface area contributed by atoms with Crippen LogP contribution >= 0.6 is 0 Å². The van der Waals surface area contributed by atoms with Crippen molar-refractivity contribution in [3.8, 4) is 44.5 Å². The fourth-order valence-electron chi connectivity index (χ4n) is 10.1. The van der Waals surface area contributed by atoms with Crippen molar-refractivity contribution in [1.29, 1.82) is 0 Å². The summed E-state index contributed by atoms with van der Waals surface area (Å²) < 4.78 is 1.13. The Hall–Kier alpha value is -10.1. The van der Waals surface area contributed by atoms with E-state index in [2.05, 4.69) is 82.8 Å². The quantitative estimate of drug-likeness (QED) is 0.103. The van der Waals surface area contributed by atoms with Crippen LogP contribution in [0.25, 0.3) is 89.4 Å². The Balaban J connectivity index is 1.30. The maximum Gasteiger partial charge on any atom is 0.311 e. The first-order valence-electron chi connectivity index (χ1n) is 24.2. The highest BCUT2D eigenvalue weighted by Crippen LogP contribution is 2.44. The molecule has 9 heteroatoms. The molecule has 0 saturated carbocycles. The van der Waals surface area contributed by atoms with Crippen LogP contribution < -0.4 is 4.73 Å². The number of H-pyrrole nitrogens is 2. The Labute approximate surface area is 420 Å². The van der Waals surface area contributed by atoms with Crippen molar-refractivity contribution in [3.63, 3.8) is 0 Å². The zero-order valence-corrected chi connectivity index (χ0v) is 39.2. The predicted octanol–water partition coefficient (Wildman–Crippen LogP) is 13.7. The number of rotatable bonds is 8. The van der Waals surface area contributed by atoms with E-state index in [0.29, 0.717) is 45.4 Å². The van der Waals surface area contributed by atoms with E-state index in [-0.39, 0.29) is 11.6 Å². The van der Waals surface area contributed by atoms with E-state index in [9.17, 15) is 5.21 Å². The topological polar surface area (TPSA) is 120 Å². The zero-order valence-electron chi connectivity index (χ0n) is 39.2. The van der Waals surface area contributed by atoms with Gasteiger partial charge < -0.3 is 15.2 Å². The standard InChI is InChI=1S/C64H42N8O/c73-72-63-55(47-37-21-7-22-38-47)56(48-39-23-8-24-40-48)64(72)71-62-54(46-35-19-6-20-36-46)52(44-31-15-4-16-32-44)60(69-62)67-58-50(42-27-11-2-12-28-42)49(41-25-9-1-10-26-41)57(65-58)66-59-51(43-29-13-3-14-30-43)53(61(68-59)70-63)45-33-17-5-18-34-45/h1-40,73H,(H,65,66,67,68,69,70,71)/p+1. The van der Waals surface area contributed by atoms with Gasteiger partial charge in [0.2, 0.25) is 11.3 Å². The zero-order chi connectivity index (χ0) is 48.7. The van der Waals surface area contributed by atoms with Crippen molar-refractivity contribution in [2.24, 2.45) is 0 Å². The molecule has 5 heterocycles. The third kappa shape index (κ3) is 7.69. The van der Waals surface area contributed by atoms with Crippen molar-refractivity contribution in [3.05, 3.63) is 288 Å². The minimum absolute atomic E-state index is 0.270. The summed E-state index contributed by atoms with van der Waals surface area (Å²) >= 11 is 0. The fourth-order valence-corrected chi connectivity index (χ4v) is 10.1. The third-order valence-corrected chi connectivity index (χ3v) is 13.3. The molecule has 13 rings (SSSR count). The molecule has 8 bridgehead atoms. The predicted molar refractivity (Wildman–Crippen MR) is 289 cm³/mol. The van der Waals surface area contributed by atoms with Gasteiger partial charge in [0, 0.05) is 22.3 Å². The van der Waals surface area contributed by atoms with E-state index in [1.165, 1.54) is 0 Å². The average Bonchev–Trinajstić information content (AvgIpc) is 4.19. The van der Waals surface area contributed by atoms with E-state index < -0.39 is 0 Å². The van der Waals surface area contributed by atoms with Crippen molar-refractivity contribution >= 4 is 44.9 Å². The summed E-state index contributed by atoms with van der Waals surface area (Å²) in [5.74, 6) is 1.47. The van der Waals surface area contributed by atoms with Gasteiger partial charge in [-0.1, -0.05) is 253 Å². The van der Waals surface area contributed by atoms with E-state index in [0.717, 1.165) is 82.6 Å². The molecule has 11 aromatic rings. The van der Waals surface area contributed by atoms with Gasteiger partial charge in [-0.25, -0.2) is 15.0 Å². The molecule has 0 spiro atoms. The largest absolute Gasteiger partial charge is 0.370 e. The van der Waals surface area contributed by atoms with Crippen LogP contribution in [0.2, 0.25) is 0 Å². The Bertz CT molecular complexity index is 3820. The monoisotopic (exact) mass is 939 g/mol. The molecule has 0 radical (unpaired) electrons. The van der Waals surface area contributed by atoms with E-state index in [1.54, 1.807) is 0 Å². The second kappa shape index (κ2) is 18.3. The summed E-state index contributed by atoms with van der Waals surface area (Å²) in [6.45, 7) is 0. The van der Waals surface area contributed by atoms with Crippen molar-refractivity contribution in [2.75, 3.05) is 0 Å². The lowest BCUT2D eigenvalue weighted by molar-refractivity contribution is -0.909. The summed E-state index contributed by atoms with van der Waals surface area (Å²) in [4.78, 5) is 35.3. The van der Waals surface area contributed by atoms with Gasteiger partial charge >= 0.3 is 11.6 Å². The molecular weight excluding hydrogens is 897 g/mol. The SMILES string of the molecule is O[n+]1c2nc3[nH]c(nc4nc(nc5[nH]c(nc1C(c1ccccc1)=C2c1ccccc1)c(-c1ccccc1)c5-c1ccccc1)C(c1ccccc1)=C4c1ccccc1)c(-c1ccccc1)c3-c1ccccc1. The molecule has 0 aliphatic carbocycles. The van der Waals surface area contributed by atoms with E-state index in [1.807, 2.05) is 170 Å². The van der Waals surface area contributed by atoms with Gasteiger partial charge in [-0.2, -0.15) is 0 Å². The summed E-state index contributed by atoms with van der Waals surface area (Å²) in [6, 6.07) is 81.5. The van der Waals surface area contributed by atoms with Gasteiger partial charge in [0.25, 0.3) is 0 Å². The number of benzene rings is 8. The van der Waals surface area contributed by atoms with Crippen LogP contribution in [0, 0.1) is 0 Å². The first kappa shape index (κ1) is 42.9. The van der Waals surface area contributed by atoms with E-state index >= 15 is 0 Å². The highest BCUT2D eigenvalue weighted by atomic mass is 16.5. The van der Waals surface area contributed by atoms with Crippen molar-refractivity contribution < 1.29 is 9.94 Å². The van der Waals surface area contributed by atoms with Gasteiger partial charge in [-0.05, 0) is 49.2 Å². The normalized spacial score (nSPS) is 12.3. The van der Waals surface area contributed by atoms with Gasteiger partial charge in [-0.15, -0.1) is 0 Å². The van der Waals surface area contributed by atoms with Crippen LogP contribution in [0.1, 0.15) is 45.6 Å². The molecule has 344 valence electrons. The Kier molecular flexibility index (Phi) is 10.8. The van der Waals surface area contributed by atoms with Gasteiger partial charge in [0.1, 0.15) is 11.3 Å². The Morgan fingerprint density at radius 1 is 0.247 bits per heavy atom. The molecule has 8 aromatic carbocycles. The summed E-state index contributed by atoms with van der Waals surface area (Å²) in [7, 11) is 0. The van der Waals surface area contributed by atoms with Gasteiger partial charge in [-0.3, -0.25) is 0 Å². The smallest absolute Gasteiger partial charge is 0.311 e. The highest BCUT2D eigenvalue weighted by molar-refractivity contribution is 6.08. The summed E-state index contributed by atoms with van der Waals surface area (Å²) in [5, 5.41) is 13.2. The van der Waals surface area contributed by atoms with Crippen molar-refractivity contribution in [2.45, 2.75) is 0 Å². The fraction of sp³-hybridized carbons (Fsp3) is 0. The number of hydrogen-bond acceptors (Lipinski definition) is 6. The molecule has 0 amide bonds. The number of nitrogens with one attached hydrogen (secondary N) is 2. The summed E-state index contributed by atoms with van der Waals surface area (Å²) in [5.41, 5.74) is 15.4. The third-order valence-electron chi connectivity index (χ3n) is 13.3. The molecule has 2 aliphatic rings. The minimum atomic E-state index is 0.270. The van der Waals surface area contributed by atoms with Crippen LogP contribution in [0.5, 0.6) is 0 Å².